The van der Waals surface area contributed by atoms with Crippen molar-refractivity contribution in [3.8, 4) is 11.5 Å². The standard InChI is InChI=1S/C19H22FNO3/c1-13-4-3-5-14(10-13)19(18-12-21-8-9-23-18)24-16-7-6-15(20)11-17(16)22-2/h3-7,10-11,18-19,21H,8-9,12H2,1-2H3/t18-,19?/m0/s1. The molecule has 0 radical (unpaired) electrons. The van der Waals surface area contributed by atoms with Crippen LogP contribution in [0.25, 0.3) is 0 Å². The van der Waals surface area contributed by atoms with Gasteiger partial charge < -0.3 is 19.5 Å². The predicted octanol–water partition coefficient (Wildman–Crippen LogP) is 3.25. The van der Waals surface area contributed by atoms with Gasteiger partial charge in [0, 0.05) is 19.2 Å². The second-order valence-corrected chi connectivity index (χ2v) is 5.86. The summed E-state index contributed by atoms with van der Waals surface area (Å²) in [5, 5.41) is 3.33. The molecule has 2 aromatic carbocycles. The van der Waals surface area contributed by atoms with E-state index in [0.717, 1.165) is 17.7 Å². The van der Waals surface area contributed by atoms with Crippen molar-refractivity contribution in [2.75, 3.05) is 26.8 Å². The summed E-state index contributed by atoms with van der Waals surface area (Å²) >= 11 is 0. The van der Waals surface area contributed by atoms with E-state index in [9.17, 15) is 4.39 Å². The van der Waals surface area contributed by atoms with Gasteiger partial charge in [-0.25, -0.2) is 4.39 Å². The van der Waals surface area contributed by atoms with Gasteiger partial charge in [-0.2, -0.15) is 0 Å². The highest BCUT2D eigenvalue weighted by molar-refractivity contribution is 5.41. The molecule has 2 atom stereocenters. The fraction of sp³-hybridized carbons (Fsp3) is 0.368. The van der Waals surface area contributed by atoms with Gasteiger partial charge in [0.05, 0.1) is 13.7 Å². The average Bonchev–Trinajstić information content (AvgIpc) is 2.61. The fourth-order valence-corrected chi connectivity index (χ4v) is 2.86. The van der Waals surface area contributed by atoms with Crippen LogP contribution in [0.2, 0.25) is 0 Å². The number of halogens is 1. The van der Waals surface area contributed by atoms with Gasteiger partial charge in [-0.3, -0.25) is 0 Å². The van der Waals surface area contributed by atoms with Crippen molar-refractivity contribution in [3.63, 3.8) is 0 Å². The van der Waals surface area contributed by atoms with E-state index in [1.165, 1.54) is 19.2 Å². The smallest absolute Gasteiger partial charge is 0.163 e. The van der Waals surface area contributed by atoms with E-state index in [1.807, 2.05) is 25.1 Å². The van der Waals surface area contributed by atoms with E-state index in [1.54, 1.807) is 6.07 Å². The van der Waals surface area contributed by atoms with Crippen molar-refractivity contribution in [2.45, 2.75) is 19.1 Å². The second-order valence-electron chi connectivity index (χ2n) is 5.86. The van der Waals surface area contributed by atoms with Crippen molar-refractivity contribution in [1.82, 2.24) is 5.32 Å². The number of aryl methyl sites for hydroxylation is 1. The van der Waals surface area contributed by atoms with E-state index in [0.29, 0.717) is 24.7 Å². The first kappa shape index (κ1) is 16.7. The Labute approximate surface area is 141 Å². The third-order valence-corrected chi connectivity index (χ3v) is 4.04. The van der Waals surface area contributed by atoms with Crippen LogP contribution < -0.4 is 14.8 Å². The van der Waals surface area contributed by atoms with Crippen molar-refractivity contribution in [2.24, 2.45) is 0 Å². The summed E-state index contributed by atoms with van der Waals surface area (Å²) in [7, 11) is 1.50. The fourth-order valence-electron chi connectivity index (χ4n) is 2.86. The summed E-state index contributed by atoms with van der Waals surface area (Å²) in [5.41, 5.74) is 2.17. The monoisotopic (exact) mass is 331 g/mol. The van der Waals surface area contributed by atoms with Crippen LogP contribution in [0, 0.1) is 12.7 Å². The van der Waals surface area contributed by atoms with Gasteiger partial charge in [0.25, 0.3) is 0 Å². The third-order valence-electron chi connectivity index (χ3n) is 4.04. The lowest BCUT2D eigenvalue weighted by molar-refractivity contribution is -0.0438. The molecule has 1 aliphatic rings. The number of rotatable bonds is 5. The molecule has 1 saturated heterocycles. The highest BCUT2D eigenvalue weighted by atomic mass is 19.1. The molecule has 1 aliphatic heterocycles. The first-order valence-corrected chi connectivity index (χ1v) is 8.06. The van der Waals surface area contributed by atoms with Crippen LogP contribution in [-0.4, -0.2) is 32.9 Å². The molecule has 0 bridgehead atoms. The summed E-state index contributed by atoms with van der Waals surface area (Å²) in [4.78, 5) is 0. The molecular weight excluding hydrogens is 309 g/mol. The molecule has 128 valence electrons. The van der Waals surface area contributed by atoms with Crippen LogP contribution in [0.15, 0.2) is 42.5 Å². The Kier molecular flexibility index (Phi) is 5.33. The summed E-state index contributed by atoms with van der Waals surface area (Å²) in [6.07, 6.45) is -0.438. The van der Waals surface area contributed by atoms with Gasteiger partial charge in [0.15, 0.2) is 17.6 Å². The lowest BCUT2D eigenvalue weighted by atomic mass is 10.0. The minimum Gasteiger partial charge on any atom is -0.493 e. The quantitative estimate of drug-likeness (QED) is 0.913. The third kappa shape index (κ3) is 3.86. The maximum Gasteiger partial charge on any atom is 0.163 e. The lowest BCUT2D eigenvalue weighted by Gasteiger charge is -2.32. The summed E-state index contributed by atoms with van der Waals surface area (Å²) in [6, 6.07) is 12.4. The van der Waals surface area contributed by atoms with E-state index in [4.69, 9.17) is 14.2 Å². The minimum atomic E-state index is -0.359. The van der Waals surface area contributed by atoms with E-state index >= 15 is 0 Å². The molecule has 0 aliphatic carbocycles. The lowest BCUT2D eigenvalue weighted by Crippen LogP contribution is -2.43. The van der Waals surface area contributed by atoms with Crippen LogP contribution in [0.4, 0.5) is 4.39 Å². The SMILES string of the molecule is COc1cc(F)ccc1OC(c1cccc(C)c1)[C@@H]1CNCCO1. The highest BCUT2D eigenvalue weighted by Gasteiger charge is 2.29. The molecule has 0 amide bonds. The predicted molar refractivity (Wildman–Crippen MR) is 90.1 cm³/mol. The first-order valence-electron chi connectivity index (χ1n) is 8.06. The Balaban J connectivity index is 1.92. The number of methoxy groups -OCH3 is 1. The largest absolute Gasteiger partial charge is 0.493 e. The Morgan fingerprint density at radius 2 is 2.08 bits per heavy atom. The molecule has 0 spiro atoms. The molecule has 2 aromatic rings. The molecule has 0 aromatic heterocycles. The number of morpholine rings is 1. The van der Waals surface area contributed by atoms with Crippen LogP contribution in [0.1, 0.15) is 17.2 Å². The second kappa shape index (κ2) is 7.64. The zero-order chi connectivity index (χ0) is 16.9. The molecule has 3 rings (SSSR count). The Morgan fingerprint density at radius 1 is 1.21 bits per heavy atom. The van der Waals surface area contributed by atoms with E-state index in [2.05, 4.69) is 11.4 Å². The summed E-state index contributed by atoms with van der Waals surface area (Å²) in [6.45, 7) is 4.20. The minimum absolute atomic E-state index is 0.129. The van der Waals surface area contributed by atoms with Crippen molar-refractivity contribution < 1.29 is 18.6 Å². The first-order chi connectivity index (χ1) is 11.7. The number of ether oxygens (including phenoxy) is 3. The topological polar surface area (TPSA) is 39.7 Å². The molecule has 1 heterocycles. The van der Waals surface area contributed by atoms with Gasteiger partial charge in [-0.05, 0) is 24.6 Å². The van der Waals surface area contributed by atoms with Crippen molar-refractivity contribution in [1.29, 1.82) is 0 Å². The zero-order valence-corrected chi connectivity index (χ0v) is 13.9. The maximum atomic E-state index is 13.4. The van der Waals surface area contributed by atoms with E-state index in [-0.39, 0.29) is 18.0 Å². The Bertz CT molecular complexity index is 686. The molecule has 0 saturated carbocycles. The Hall–Kier alpha value is -2.11. The van der Waals surface area contributed by atoms with Crippen LogP contribution in [0.3, 0.4) is 0 Å². The molecule has 1 N–H and O–H groups in total. The van der Waals surface area contributed by atoms with Crippen LogP contribution in [-0.2, 0) is 4.74 Å². The van der Waals surface area contributed by atoms with Gasteiger partial charge in [0.1, 0.15) is 11.9 Å². The number of nitrogens with one attached hydrogen (secondary N) is 1. The number of hydrogen-bond donors (Lipinski definition) is 1. The summed E-state index contributed by atoms with van der Waals surface area (Å²) in [5.74, 6) is 0.512. The van der Waals surface area contributed by atoms with Gasteiger partial charge in [-0.15, -0.1) is 0 Å². The average molecular weight is 331 g/mol. The Morgan fingerprint density at radius 3 is 2.79 bits per heavy atom. The van der Waals surface area contributed by atoms with E-state index < -0.39 is 0 Å². The van der Waals surface area contributed by atoms with Crippen LogP contribution in [0.5, 0.6) is 11.5 Å². The maximum absolute atomic E-state index is 13.4. The molecule has 1 unspecified atom stereocenters. The molecule has 5 heteroatoms. The van der Waals surface area contributed by atoms with Crippen molar-refractivity contribution >= 4 is 0 Å². The normalized spacial score (nSPS) is 18.9. The van der Waals surface area contributed by atoms with Crippen molar-refractivity contribution in [3.05, 3.63) is 59.4 Å². The van der Waals surface area contributed by atoms with Crippen LogP contribution >= 0.6 is 0 Å². The molecule has 4 nitrogen and oxygen atoms in total. The number of benzene rings is 2. The van der Waals surface area contributed by atoms with Gasteiger partial charge in [-0.1, -0.05) is 29.8 Å². The molecule has 1 fully saturated rings. The molecule has 24 heavy (non-hydrogen) atoms. The van der Waals surface area contributed by atoms with Gasteiger partial charge in [0.2, 0.25) is 0 Å². The zero-order valence-electron chi connectivity index (χ0n) is 13.9. The summed E-state index contributed by atoms with van der Waals surface area (Å²) < 4.78 is 30.8. The highest BCUT2D eigenvalue weighted by Crippen LogP contribution is 2.34. The molecular formula is C19H22FNO3. The van der Waals surface area contributed by atoms with Gasteiger partial charge >= 0.3 is 0 Å². The number of hydrogen-bond acceptors (Lipinski definition) is 4.